The number of hydrogen-bond donors (Lipinski definition) is 1. The maximum atomic E-state index is 10.7. The van der Waals surface area contributed by atoms with Gasteiger partial charge in [-0.15, -0.1) is 0 Å². The fraction of sp³-hybridized carbons (Fsp3) is 0. The van der Waals surface area contributed by atoms with Gasteiger partial charge in [-0.3, -0.25) is 10.1 Å². The number of nitrogens with zero attached hydrogens (tertiary/aromatic N) is 1. The summed E-state index contributed by atoms with van der Waals surface area (Å²) < 4.78 is 19.5. The number of nitro benzene ring substituents is 1. The van der Waals surface area contributed by atoms with E-state index in [9.17, 15) is 14.3 Å². The van der Waals surface area contributed by atoms with Crippen LogP contribution in [0, 0.1) is 10.1 Å². The maximum absolute atomic E-state index is 10.7. The first-order valence-electron chi connectivity index (χ1n) is 3.18. The number of halogens is 2. The van der Waals surface area contributed by atoms with Crippen LogP contribution in [0.25, 0.3) is 0 Å². The van der Waals surface area contributed by atoms with E-state index in [0.29, 0.717) is 0 Å². The quantitative estimate of drug-likeness (QED) is 0.500. The van der Waals surface area contributed by atoms with Crippen LogP contribution in [0.1, 0.15) is 0 Å². The minimum Gasteiger partial charge on any atom is -0.302 e. The molecule has 1 atom stereocenters. The molecular weight excluding hydrogens is 253 g/mol. The summed E-state index contributed by atoms with van der Waals surface area (Å²) in [5.74, 6) is 0. The SMILES string of the molecule is O=[N+]([O-])c1ccc(Cl)c(S(=O)O)c1Cl. The Balaban J connectivity index is 3.49. The van der Waals surface area contributed by atoms with Crippen molar-refractivity contribution in [1.82, 2.24) is 0 Å². The Bertz CT molecular complexity index is 423. The predicted molar refractivity (Wildman–Crippen MR) is 52.2 cm³/mol. The zero-order chi connectivity index (χ0) is 10.9. The molecule has 5 nitrogen and oxygen atoms in total. The first-order chi connectivity index (χ1) is 6.45. The van der Waals surface area contributed by atoms with E-state index < -0.39 is 26.7 Å². The molecule has 0 amide bonds. The average molecular weight is 256 g/mol. The third kappa shape index (κ3) is 2.03. The third-order valence-electron chi connectivity index (χ3n) is 1.40. The van der Waals surface area contributed by atoms with E-state index in [4.69, 9.17) is 27.8 Å². The lowest BCUT2D eigenvalue weighted by Gasteiger charge is -2.02. The highest BCUT2D eigenvalue weighted by Crippen LogP contribution is 2.34. The zero-order valence-corrected chi connectivity index (χ0v) is 8.77. The molecule has 0 fully saturated rings. The fourth-order valence-electron chi connectivity index (χ4n) is 0.823. The molecule has 76 valence electrons. The molecule has 0 bridgehead atoms. The second kappa shape index (κ2) is 4.22. The molecule has 0 saturated heterocycles. The highest BCUT2D eigenvalue weighted by atomic mass is 35.5. The normalized spacial score (nSPS) is 12.5. The second-order valence-corrected chi connectivity index (χ2v) is 3.91. The van der Waals surface area contributed by atoms with Gasteiger partial charge in [-0.25, -0.2) is 4.21 Å². The lowest BCUT2D eigenvalue weighted by atomic mass is 10.3. The molecule has 0 aliphatic heterocycles. The van der Waals surface area contributed by atoms with Gasteiger partial charge in [0.15, 0.2) is 11.1 Å². The molecule has 0 aromatic heterocycles. The van der Waals surface area contributed by atoms with Gasteiger partial charge in [0.1, 0.15) is 9.92 Å². The Morgan fingerprint density at radius 1 is 1.43 bits per heavy atom. The van der Waals surface area contributed by atoms with Crippen LogP contribution in [-0.2, 0) is 11.1 Å². The Kier molecular flexibility index (Phi) is 3.43. The molecule has 1 aromatic carbocycles. The van der Waals surface area contributed by atoms with E-state index in [1.807, 2.05) is 0 Å². The van der Waals surface area contributed by atoms with E-state index in [-0.39, 0.29) is 9.92 Å². The molecule has 0 saturated carbocycles. The van der Waals surface area contributed by atoms with E-state index in [1.165, 1.54) is 0 Å². The summed E-state index contributed by atoms with van der Waals surface area (Å²) in [6, 6.07) is 2.22. The standard InChI is InChI=1S/C6H3Cl2NO4S/c7-3-1-2-4(9(10)11)5(8)6(3)14(12)13/h1-2H,(H,12,13). The maximum Gasteiger partial charge on any atom is 0.289 e. The summed E-state index contributed by atoms with van der Waals surface area (Å²) in [7, 11) is 0. The molecule has 8 heteroatoms. The van der Waals surface area contributed by atoms with Gasteiger partial charge < -0.3 is 4.55 Å². The van der Waals surface area contributed by atoms with Crippen molar-refractivity contribution in [2.75, 3.05) is 0 Å². The van der Waals surface area contributed by atoms with Crippen molar-refractivity contribution in [2.45, 2.75) is 4.90 Å². The third-order valence-corrected chi connectivity index (χ3v) is 3.09. The summed E-state index contributed by atoms with van der Waals surface area (Å²) in [4.78, 5) is 9.31. The van der Waals surface area contributed by atoms with Gasteiger partial charge >= 0.3 is 0 Å². The van der Waals surface area contributed by atoms with Gasteiger partial charge in [-0.05, 0) is 6.07 Å². The Hall–Kier alpha value is -0.690. The number of nitro groups is 1. The van der Waals surface area contributed by atoms with Crippen molar-refractivity contribution in [3.05, 3.63) is 32.3 Å². The van der Waals surface area contributed by atoms with Crippen molar-refractivity contribution in [1.29, 1.82) is 0 Å². The summed E-state index contributed by atoms with van der Waals surface area (Å²) in [6.07, 6.45) is 0. The number of hydrogen-bond acceptors (Lipinski definition) is 3. The highest BCUT2D eigenvalue weighted by Gasteiger charge is 2.21. The molecule has 1 rings (SSSR count). The Morgan fingerprint density at radius 2 is 2.00 bits per heavy atom. The lowest BCUT2D eigenvalue weighted by molar-refractivity contribution is -0.384. The first-order valence-corrected chi connectivity index (χ1v) is 5.04. The Labute approximate surface area is 91.1 Å². The van der Waals surface area contributed by atoms with Crippen LogP contribution in [0.5, 0.6) is 0 Å². The molecule has 14 heavy (non-hydrogen) atoms. The zero-order valence-electron chi connectivity index (χ0n) is 6.44. The number of benzene rings is 1. The molecule has 1 unspecified atom stereocenters. The van der Waals surface area contributed by atoms with Gasteiger partial charge in [0.2, 0.25) is 0 Å². The fourth-order valence-corrected chi connectivity index (χ4v) is 2.15. The van der Waals surface area contributed by atoms with Crippen LogP contribution >= 0.6 is 23.2 Å². The summed E-state index contributed by atoms with van der Waals surface area (Å²) in [6.45, 7) is 0. The van der Waals surface area contributed by atoms with Crippen LogP contribution in [0.3, 0.4) is 0 Å². The molecule has 0 spiro atoms. The van der Waals surface area contributed by atoms with Gasteiger partial charge in [-0.2, -0.15) is 0 Å². The van der Waals surface area contributed by atoms with Crippen molar-refractivity contribution >= 4 is 40.0 Å². The van der Waals surface area contributed by atoms with Crippen molar-refractivity contribution in [2.24, 2.45) is 0 Å². The van der Waals surface area contributed by atoms with Crippen molar-refractivity contribution < 1.29 is 13.7 Å². The van der Waals surface area contributed by atoms with E-state index in [2.05, 4.69) is 0 Å². The first kappa shape index (κ1) is 11.4. The highest BCUT2D eigenvalue weighted by molar-refractivity contribution is 7.79. The summed E-state index contributed by atoms with van der Waals surface area (Å²) in [5, 5.41) is 9.91. The van der Waals surface area contributed by atoms with E-state index in [0.717, 1.165) is 12.1 Å². The van der Waals surface area contributed by atoms with Crippen LogP contribution < -0.4 is 0 Å². The monoisotopic (exact) mass is 255 g/mol. The topological polar surface area (TPSA) is 80.4 Å². The summed E-state index contributed by atoms with van der Waals surface area (Å²) in [5.41, 5.74) is -0.450. The molecule has 1 N–H and O–H groups in total. The van der Waals surface area contributed by atoms with Gasteiger partial charge in [0.05, 0.1) is 9.95 Å². The van der Waals surface area contributed by atoms with E-state index >= 15 is 0 Å². The predicted octanol–water partition coefficient (Wildman–Crippen LogP) is 2.48. The lowest BCUT2D eigenvalue weighted by Crippen LogP contribution is -1.96. The molecule has 0 aliphatic carbocycles. The molecule has 0 aliphatic rings. The minimum absolute atomic E-state index is 0.0820. The van der Waals surface area contributed by atoms with Crippen LogP contribution in [-0.4, -0.2) is 13.7 Å². The van der Waals surface area contributed by atoms with Crippen LogP contribution in [0.4, 0.5) is 5.69 Å². The van der Waals surface area contributed by atoms with Gasteiger partial charge in [0, 0.05) is 6.07 Å². The molecule has 1 aromatic rings. The average Bonchev–Trinajstić information content (AvgIpc) is 2.02. The minimum atomic E-state index is -2.45. The van der Waals surface area contributed by atoms with E-state index in [1.54, 1.807) is 0 Å². The van der Waals surface area contributed by atoms with Gasteiger partial charge in [0.25, 0.3) is 5.69 Å². The van der Waals surface area contributed by atoms with Crippen molar-refractivity contribution in [3.8, 4) is 0 Å². The second-order valence-electron chi connectivity index (χ2n) is 2.22. The van der Waals surface area contributed by atoms with Gasteiger partial charge in [-0.1, -0.05) is 23.2 Å². The summed E-state index contributed by atoms with van der Waals surface area (Å²) >= 11 is 8.62. The van der Waals surface area contributed by atoms with Crippen LogP contribution in [0.15, 0.2) is 17.0 Å². The van der Waals surface area contributed by atoms with Crippen molar-refractivity contribution in [3.63, 3.8) is 0 Å². The molecule has 0 radical (unpaired) electrons. The molecule has 0 heterocycles. The molecular formula is C6H3Cl2NO4S. The number of rotatable bonds is 2. The Morgan fingerprint density at radius 3 is 2.43 bits per heavy atom. The van der Waals surface area contributed by atoms with Crippen LogP contribution in [0.2, 0.25) is 10.0 Å². The largest absolute Gasteiger partial charge is 0.302 e. The smallest absolute Gasteiger partial charge is 0.289 e.